The topological polar surface area (TPSA) is 53.6 Å². The van der Waals surface area contributed by atoms with E-state index in [1.54, 1.807) is 0 Å². The van der Waals surface area contributed by atoms with Gasteiger partial charge in [0.25, 0.3) is 0 Å². The molecule has 2 N–H and O–H groups in total. The molecule has 0 saturated carbocycles. The number of nitrogens with zero attached hydrogens (tertiary/aromatic N) is 1. The SMILES string of the molecule is C=CCN1c2cc(C(=O)OC)c3c(c2NC1C)NC1(CC3)Cc2ccccc2C1. The maximum absolute atomic E-state index is 12.6. The minimum Gasteiger partial charge on any atom is -0.465 e. The van der Waals surface area contributed by atoms with Crippen molar-refractivity contribution >= 4 is 23.0 Å². The molecule has 2 aromatic carbocycles. The quantitative estimate of drug-likeness (QED) is 0.611. The summed E-state index contributed by atoms with van der Waals surface area (Å²) in [5, 5.41) is 7.54. The Bertz CT molecular complexity index is 988. The summed E-state index contributed by atoms with van der Waals surface area (Å²) in [5.41, 5.74) is 7.81. The van der Waals surface area contributed by atoms with Crippen LogP contribution in [0.15, 0.2) is 43.0 Å². The van der Waals surface area contributed by atoms with Crippen LogP contribution in [-0.2, 0) is 24.0 Å². The van der Waals surface area contributed by atoms with Crippen molar-refractivity contribution in [2.45, 2.75) is 44.3 Å². The minimum absolute atomic E-state index is 0.00990. The highest BCUT2D eigenvalue weighted by molar-refractivity contribution is 6.01. The number of benzene rings is 2. The van der Waals surface area contributed by atoms with Crippen LogP contribution in [0.3, 0.4) is 0 Å². The van der Waals surface area contributed by atoms with E-state index in [9.17, 15) is 4.79 Å². The number of esters is 1. The molecule has 0 amide bonds. The Kier molecular flexibility index (Phi) is 4.09. The molecule has 1 aliphatic carbocycles. The van der Waals surface area contributed by atoms with Crippen LogP contribution in [0.1, 0.15) is 40.4 Å². The van der Waals surface area contributed by atoms with Gasteiger partial charge in [-0.3, -0.25) is 0 Å². The number of carbonyl (C=O) groups excluding carboxylic acids is 1. The molecule has 0 radical (unpaired) electrons. The number of nitrogens with one attached hydrogen (secondary N) is 2. The molecule has 0 aromatic heterocycles. The summed E-state index contributed by atoms with van der Waals surface area (Å²) in [6, 6.07) is 10.7. The van der Waals surface area contributed by atoms with Crippen LogP contribution in [0.2, 0.25) is 0 Å². The number of fused-ring (bicyclic) bond motifs is 4. The molecule has 0 bridgehead atoms. The van der Waals surface area contributed by atoms with Gasteiger partial charge in [0.05, 0.1) is 35.9 Å². The molecule has 5 heteroatoms. The Morgan fingerprint density at radius 2 is 2.03 bits per heavy atom. The first-order valence-electron chi connectivity index (χ1n) is 10.3. The van der Waals surface area contributed by atoms with Crippen LogP contribution < -0.4 is 15.5 Å². The number of methoxy groups -OCH3 is 1. The summed E-state index contributed by atoms with van der Waals surface area (Å²) in [5.74, 6) is -0.269. The highest BCUT2D eigenvalue weighted by atomic mass is 16.5. The zero-order chi connectivity index (χ0) is 20.2. The molecule has 3 aliphatic rings. The third kappa shape index (κ3) is 2.71. The highest BCUT2D eigenvalue weighted by Gasteiger charge is 2.43. The third-order valence-electron chi connectivity index (χ3n) is 6.70. The second kappa shape index (κ2) is 6.55. The first-order chi connectivity index (χ1) is 14.0. The van der Waals surface area contributed by atoms with Crippen LogP contribution in [0.5, 0.6) is 0 Å². The molecule has 150 valence electrons. The predicted octanol–water partition coefficient (Wildman–Crippen LogP) is 4.13. The number of hydrogen-bond donors (Lipinski definition) is 2. The second-order valence-corrected chi connectivity index (χ2v) is 8.45. The van der Waals surface area contributed by atoms with E-state index in [-0.39, 0.29) is 17.7 Å². The first kappa shape index (κ1) is 18.1. The maximum Gasteiger partial charge on any atom is 0.338 e. The van der Waals surface area contributed by atoms with Gasteiger partial charge in [-0.2, -0.15) is 0 Å². The fourth-order valence-electron chi connectivity index (χ4n) is 5.31. The lowest BCUT2D eigenvalue weighted by Crippen LogP contribution is -2.43. The maximum atomic E-state index is 12.6. The van der Waals surface area contributed by atoms with E-state index in [0.717, 1.165) is 54.9 Å². The average Bonchev–Trinajstić information content (AvgIpc) is 3.24. The predicted molar refractivity (Wildman–Crippen MR) is 117 cm³/mol. The van der Waals surface area contributed by atoms with Gasteiger partial charge in [-0.1, -0.05) is 30.3 Å². The summed E-state index contributed by atoms with van der Waals surface area (Å²) < 4.78 is 5.13. The molecule has 1 atom stereocenters. The van der Waals surface area contributed by atoms with Gasteiger partial charge in [0.2, 0.25) is 0 Å². The van der Waals surface area contributed by atoms with Gasteiger partial charge in [-0.25, -0.2) is 4.79 Å². The van der Waals surface area contributed by atoms with Crippen molar-refractivity contribution in [2.75, 3.05) is 29.2 Å². The summed E-state index contributed by atoms with van der Waals surface area (Å²) in [6.45, 7) is 6.75. The van der Waals surface area contributed by atoms with Crippen LogP contribution >= 0.6 is 0 Å². The van der Waals surface area contributed by atoms with Crippen molar-refractivity contribution in [3.05, 3.63) is 65.2 Å². The van der Waals surface area contributed by atoms with E-state index in [0.29, 0.717) is 5.56 Å². The average molecular weight is 389 g/mol. The zero-order valence-corrected chi connectivity index (χ0v) is 17.0. The van der Waals surface area contributed by atoms with Gasteiger partial charge in [0, 0.05) is 12.1 Å². The Labute approximate surface area is 171 Å². The van der Waals surface area contributed by atoms with Crippen molar-refractivity contribution in [3.63, 3.8) is 0 Å². The van der Waals surface area contributed by atoms with E-state index in [1.165, 1.54) is 18.2 Å². The van der Waals surface area contributed by atoms with Crippen LogP contribution in [0, 0.1) is 0 Å². The van der Waals surface area contributed by atoms with Crippen molar-refractivity contribution in [2.24, 2.45) is 0 Å². The molecule has 2 aliphatic heterocycles. The Morgan fingerprint density at radius 3 is 2.69 bits per heavy atom. The van der Waals surface area contributed by atoms with Crippen LogP contribution in [0.25, 0.3) is 0 Å². The van der Waals surface area contributed by atoms with Gasteiger partial charge in [-0.05, 0) is 55.4 Å². The number of hydrogen-bond acceptors (Lipinski definition) is 5. The smallest absolute Gasteiger partial charge is 0.338 e. The van der Waals surface area contributed by atoms with Gasteiger partial charge < -0.3 is 20.3 Å². The fraction of sp³-hybridized carbons (Fsp3) is 0.375. The molecule has 5 nitrogen and oxygen atoms in total. The van der Waals surface area contributed by atoms with Gasteiger partial charge in [-0.15, -0.1) is 6.58 Å². The first-order valence-corrected chi connectivity index (χ1v) is 10.3. The monoisotopic (exact) mass is 389 g/mol. The Hall–Kier alpha value is -2.95. The normalized spacial score (nSPS) is 20.3. The summed E-state index contributed by atoms with van der Waals surface area (Å²) in [7, 11) is 1.45. The minimum atomic E-state index is -0.269. The summed E-state index contributed by atoms with van der Waals surface area (Å²) in [4.78, 5) is 14.9. The van der Waals surface area contributed by atoms with E-state index < -0.39 is 0 Å². The molecule has 0 fully saturated rings. The number of rotatable bonds is 3. The number of anilines is 3. The molecule has 1 unspecified atom stereocenters. The molecule has 2 aromatic rings. The molecule has 29 heavy (non-hydrogen) atoms. The third-order valence-corrected chi connectivity index (χ3v) is 6.70. The molecular weight excluding hydrogens is 362 g/mol. The van der Waals surface area contributed by atoms with Gasteiger partial charge in [0.1, 0.15) is 0 Å². The molecule has 2 heterocycles. The lowest BCUT2D eigenvalue weighted by atomic mass is 9.81. The summed E-state index contributed by atoms with van der Waals surface area (Å²) in [6.07, 6.45) is 5.94. The molecule has 0 saturated heterocycles. The standard InChI is InChI=1S/C24H27N3O2/c1-4-11-27-15(2)25-22-20(27)12-19(23(28)29-3)18-9-10-24(26-21(18)22)13-16-7-5-6-8-17(16)14-24/h4-8,12,15,25-26H,1,9-11,13-14H2,2-3H3. The zero-order valence-electron chi connectivity index (χ0n) is 17.0. The number of carbonyl (C=O) groups is 1. The number of ether oxygens (including phenoxy) is 1. The van der Waals surface area contributed by atoms with Gasteiger partial charge >= 0.3 is 5.97 Å². The van der Waals surface area contributed by atoms with Crippen LogP contribution in [0.4, 0.5) is 17.1 Å². The van der Waals surface area contributed by atoms with Crippen molar-refractivity contribution < 1.29 is 9.53 Å². The Balaban J connectivity index is 1.61. The molecule has 5 rings (SSSR count). The lowest BCUT2D eigenvalue weighted by Gasteiger charge is -2.38. The molecular formula is C24H27N3O2. The van der Waals surface area contributed by atoms with Crippen molar-refractivity contribution in [1.82, 2.24) is 0 Å². The van der Waals surface area contributed by atoms with E-state index in [1.807, 2.05) is 12.1 Å². The lowest BCUT2D eigenvalue weighted by molar-refractivity contribution is 0.0599. The Morgan fingerprint density at radius 1 is 1.31 bits per heavy atom. The summed E-state index contributed by atoms with van der Waals surface area (Å²) >= 11 is 0. The highest BCUT2D eigenvalue weighted by Crippen LogP contribution is 2.50. The van der Waals surface area contributed by atoms with Crippen molar-refractivity contribution in [3.8, 4) is 0 Å². The van der Waals surface area contributed by atoms with Gasteiger partial charge in [0.15, 0.2) is 0 Å². The van der Waals surface area contributed by atoms with Crippen molar-refractivity contribution in [1.29, 1.82) is 0 Å². The fourth-order valence-corrected chi connectivity index (χ4v) is 5.31. The largest absolute Gasteiger partial charge is 0.465 e. The van der Waals surface area contributed by atoms with E-state index in [4.69, 9.17) is 4.74 Å². The van der Waals surface area contributed by atoms with E-state index >= 15 is 0 Å². The van der Waals surface area contributed by atoms with Crippen LogP contribution in [-0.4, -0.2) is 31.3 Å². The molecule has 1 spiro atoms. The van der Waals surface area contributed by atoms with E-state index in [2.05, 4.69) is 53.3 Å². The second-order valence-electron chi connectivity index (χ2n) is 8.45.